The summed E-state index contributed by atoms with van der Waals surface area (Å²) in [5, 5.41) is 8.41. The van der Waals surface area contributed by atoms with E-state index in [-0.39, 0.29) is 24.2 Å². The van der Waals surface area contributed by atoms with Gasteiger partial charge in [0, 0.05) is 16.8 Å². The third-order valence-corrected chi connectivity index (χ3v) is 5.27. The van der Waals surface area contributed by atoms with Gasteiger partial charge in [0.25, 0.3) is 5.91 Å². The fraction of sp³-hybridized carbons (Fsp3) is 0.217. The predicted octanol–water partition coefficient (Wildman–Crippen LogP) is 3.14. The molecular weight excluding hydrogens is 396 g/mol. The third-order valence-electron chi connectivity index (χ3n) is 5.27. The molecule has 1 aliphatic rings. The highest BCUT2D eigenvalue weighted by Gasteiger charge is 2.28. The van der Waals surface area contributed by atoms with E-state index in [4.69, 9.17) is 9.47 Å². The van der Waals surface area contributed by atoms with Crippen molar-refractivity contribution >= 4 is 28.3 Å². The molecule has 1 fully saturated rings. The Balaban J connectivity index is 1.73. The Morgan fingerprint density at radius 2 is 1.94 bits per heavy atom. The lowest BCUT2D eigenvalue weighted by atomic mass is 10.0. The van der Waals surface area contributed by atoms with Crippen molar-refractivity contribution in [1.82, 2.24) is 19.9 Å². The molecule has 156 valence electrons. The second-order valence-corrected chi connectivity index (χ2v) is 7.41. The van der Waals surface area contributed by atoms with Crippen LogP contribution in [0, 0.1) is 0 Å². The first-order chi connectivity index (χ1) is 15.2. The van der Waals surface area contributed by atoms with Gasteiger partial charge in [0.15, 0.2) is 17.1 Å². The average molecular weight is 416 g/mol. The second kappa shape index (κ2) is 7.71. The molecule has 1 saturated carbocycles. The predicted molar refractivity (Wildman–Crippen MR) is 113 cm³/mol. The molecule has 4 aromatic rings. The number of ether oxygens (including phenoxy) is 2. The van der Waals surface area contributed by atoms with Crippen LogP contribution in [0.2, 0.25) is 0 Å². The van der Waals surface area contributed by atoms with Crippen molar-refractivity contribution in [2.45, 2.75) is 25.5 Å². The number of hydrogen-bond acceptors (Lipinski definition) is 6. The zero-order chi connectivity index (χ0) is 21.4. The molecule has 0 saturated heterocycles. The number of pyridine rings is 1. The Morgan fingerprint density at radius 1 is 1.13 bits per heavy atom. The molecule has 1 amide bonds. The zero-order valence-electron chi connectivity index (χ0n) is 16.9. The van der Waals surface area contributed by atoms with Gasteiger partial charge in [-0.15, -0.1) is 0 Å². The molecule has 1 N–H and O–H groups in total. The number of rotatable bonds is 6. The molecule has 0 atom stereocenters. The molecule has 0 aliphatic heterocycles. The molecule has 2 heterocycles. The molecule has 8 heteroatoms. The van der Waals surface area contributed by atoms with Crippen molar-refractivity contribution in [1.29, 1.82) is 0 Å². The molecule has 1 aliphatic carbocycles. The SMILES string of the molecule is COC(=O)c1c(OCc2ccccc2)c2cccc(C(=O)NC3CC3)c2c2ncnn12. The highest BCUT2D eigenvalue weighted by atomic mass is 16.5. The minimum atomic E-state index is -0.603. The van der Waals surface area contributed by atoms with E-state index in [1.807, 2.05) is 36.4 Å². The van der Waals surface area contributed by atoms with Gasteiger partial charge in [-0.25, -0.2) is 14.3 Å². The van der Waals surface area contributed by atoms with Gasteiger partial charge in [0.05, 0.1) is 12.7 Å². The van der Waals surface area contributed by atoms with Crippen molar-refractivity contribution in [3.05, 3.63) is 71.7 Å². The largest absolute Gasteiger partial charge is 0.486 e. The lowest BCUT2D eigenvalue weighted by Crippen LogP contribution is -2.25. The summed E-state index contributed by atoms with van der Waals surface area (Å²) >= 11 is 0. The summed E-state index contributed by atoms with van der Waals surface area (Å²) in [4.78, 5) is 30.0. The van der Waals surface area contributed by atoms with E-state index in [1.165, 1.54) is 18.0 Å². The topological polar surface area (TPSA) is 94.8 Å². The maximum atomic E-state index is 12.9. The van der Waals surface area contributed by atoms with Crippen molar-refractivity contribution in [3.8, 4) is 5.75 Å². The van der Waals surface area contributed by atoms with Crippen molar-refractivity contribution in [3.63, 3.8) is 0 Å². The quantitative estimate of drug-likeness (QED) is 0.485. The van der Waals surface area contributed by atoms with Crippen LogP contribution in [-0.4, -0.2) is 39.6 Å². The summed E-state index contributed by atoms with van der Waals surface area (Å²) in [5.74, 6) is -0.490. The van der Waals surface area contributed by atoms with E-state index in [0.717, 1.165) is 18.4 Å². The van der Waals surface area contributed by atoms with Gasteiger partial charge in [-0.05, 0) is 24.5 Å². The highest BCUT2D eigenvalue weighted by Crippen LogP contribution is 2.35. The fourth-order valence-electron chi connectivity index (χ4n) is 3.61. The average Bonchev–Trinajstić information content (AvgIpc) is 3.48. The molecular formula is C23H20N4O4. The Morgan fingerprint density at radius 3 is 2.68 bits per heavy atom. The molecule has 2 aromatic carbocycles. The number of benzene rings is 2. The number of esters is 1. The van der Waals surface area contributed by atoms with Crippen molar-refractivity contribution in [2.75, 3.05) is 7.11 Å². The zero-order valence-corrected chi connectivity index (χ0v) is 16.9. The Labute approximate surface area is 177 Å². The van der Waals surface area contributed by atoms with E-state index in [1.54, 1.807) is 12.1 Å². The van der Waals surface area contributed by atoms with E-state index in [2.05, 4.69) is 15.4 Å². The number of carbonyl (C=O) groups is 2. The van der Waals surface area contributed by atoms with E-state index in [9.17, 15) is 9.59 Å². The minimum Gasteiger partial charge on any atom is -0.486 e. The van der Waals surface area contributed by atoms with Gasteiger partial charge < -0.3 is 14.8 Å². The minimum absolute atomic E-state index is 0.123. The van der Waals surface area contributed by atoms with Crippen LogP contribution < -0.4 is 10.1 Å². The van der Waals surface area contributed by atoms with Crippen molar-refractivity contribution < 1.29 is 19.1 Å². The summed E-state index contributed by atoms with van der Waals surface area (Å²) in [6.07, 6.45) is 3.31. The number of amides is 1. The Hall–Kier alpha value is -3.94. The van der Waals surface area contributed by atoms with E-state index >= 15 is 0 Å². The lowest BCUT2D eigenvalue weighted by molar-refractivity contribution is 0.0585. The van der Waals surface area contributed by atoms with Gasteiger partial charge >= 0.3 is 5.97 Å². The van der Waals surface area contributed by atoms with Gasteiger partial charge in [-0.1, -0.05) is 42.5 Å². The van der Waals surface area contributed by atoms with E-state index in [0.29, 0.717) is 27.7 Å². The maximum absolute atomic E-state index is 12.9. The Bertz CT molecular complexity index is 1300. The molecule has 0 spiro atoms. The van der Waals surface area contributed by atoms with Crippen LogP contribution in [0.3, 0.4) is 0 Å². The number of methoxy groups -OCH3 is 1. The van der Waals surface area contributed by atoms with Crippen molar-refractivity contribution in [2.24, 2.45) is 0 Å². The lowest BCUT2D eigenvalue weighted by Gasteiger charge is -2.16. The van der Waals surface area contributed by atoms with Crippen LogP contribution in [0.5, 0.6) is 5.75 Å². The number of nitrogens with one attached hydrogen (secondary N) is 1. The number of carbonyl (C=O) groups excluding carboxylic acids is 2. The smallest absolute Gasteiger partial charge is 0.360 e. The number of nitrogens with zero attached hydrogens (tertiary/aromatic N) is 3. The first kappa shape index (κ1) is 19.0. The number of aromatic nitrogens is 3. The van der Waals surface area contributed by atoms with E-state index < -0.39 is 5.97 Å². The molecule has 0 radical (unpaired) electrons. The maximum Gasteiger partial charge on any atom is 0.360 e. The first-order valence-electron chi connectivity index (χ1n) is 10.0. The standard InChI is InChI=1S/C23H20N4O4/c1-30-23(29)19-20(31-12-14-6-3-2-4-7-14)16-8-5-9-17(22(28)26-15-10-11-15)18(16)21-24-13-25-27(19)21/h2-9,13,15H,10-12H2,1H3,(H,26,28). The highest BCUT2D eigenvalue weighted by molar-refractivity contribution is 6.15. The fourth-order valence-corrected chi connectivity index (χ4v) is 3.61. The summed E-state index contributed by atoms with van der Waals surface area (Å²) in [6, 6.07) is 15.2. The summed E-state index contributed by atoms with van der Waals surface area (Å²) < 4.78 is 12.5. The summed E-state index contributed by atoms with van der Waals surface area (Å²) in [6.45, 7) is 0.235. The molecule has 5 rings (SSSR count). The number of fused-ring (bicyclic) bond motifs is 3. The van der Waals surface area contributed by atoms with Crippen LogP contribution in [0.4, 0.5) is 0 Å². The van der Waals surface area contributed by atoms with Crippen LogP contribution in [0.1, 0.15) is 39.3 Å². The first-order valence-corrected chi connectivity index (χ1v) is 10.0. The molecule has 0 unspecified atom stereocenters. The van der Waals surface area contributed by atoms with Crippen LogP contribution in [0.25, 0.3) is 16.4 Å². The van der Waals surface area contributed by atoms with Crippen LogP contribution in [0.15, 0.2) is 54.9 Å². The molecule has 0 bridgehead atoms. The number of hydrogen-bond donors (Lipinski definition) is 1. The van der Waals surface area contributed by atoms with Gasteiger partial charge in [-0.2, -0.15) is 5.10 Å². The third kappa shape index (κ3) is 3.46. The molecule has 8 nitrogen and oxygen atoms in total. The second-order valence-electron chi connectivity index (χ2n) is 7.41. The van der Waals surface area contributed by atoms with Gasteiger partial charge in [0.1, 0.15) is 12.9 Å². The van der Waals surface area contributed by atoms with Crippen LogP contribution >= 0.6 is 0 Å². The molecule has 31 heavy (non-hydrogen) atoms. The summed E-state index contributed by atoms with van der Waals surface area (Å²) in [5.41, 5.74) is 1.92. The van der Waals surface area contributed by atoms with Crippen LogP contribution in [-0.2, 0) is 11.3 Å². The molecule has 2 aromatic heterocycles. The summed E-state index contributed by atoms with van der Waals surface area (Å²) in [7, 11) is 1.30. The van der Waals surface area contributed by atoms with Gasteiger partial charge in [0.2, 0.25) is 0 Å². The monoisotopic (exact) mass is 416 g/mol. The Kier molecular flexibility index (Phi) is 4.74. The normalized spacial score (nSPS) is 13.3. The van der Waals surface area contributed by atoms with Gasteiger partial charge in [-0.3, -0.25) is 4.79 Å².